The summed E-state index contributed by atoms with van der Waals surface area (Å²) in [6, 6.07) is 2.77. The smallest absolute Gasteiger partial charge is 0.236 e. The number of halogens is 2. The maximum atomic E-state index is 10.8. The first-order valence-corrected chi connectivity index (χ1v) is 7.08. The molecule has 0 unspecified atom stereocenters. The van der Waals surface area contributed by atoms with Gasteiger partial charge in [0, 0.05) is 16.2 Å². The molecule has 0 aromatic heterocycles. The molecule has 15 heavy (non-hydrogen) atoms. The highest BCUT2D eigenvalue weighted by molar-refractivity contribution is 9.10. The first-order valence-electron chi connectivity index (χ1n) is 3.81. The molecule has 7 heteroatoms. The molecule has 0 aliphatic heterocycles. The van der Waals surface area contributed by atoms with Gasteiger partial charge >= 0.3 is 0 Å². The molecule has 0 fully saturated rings. The van der Waals surface area contributed by atoms with E-state index in [1.165, 1.54) is 19.2 Å². The number of methoxy groups -OCH3 is 1. The third kappa shape index (κ3) is 3.55. The molecule has 4 nitrogen and oxygen atoms in total. The second-order valence-electron chi connectivity index (χ2n) is 2.80. The van der Waals surface area contributed by atoms with Crippen LogP contribution < -0.4 is 4.74 Å². The molecule has 0 aliphatic carbocycles. The maximum Gasteiger partial charge on any atom is 0.236 e. The van der Waals surface area contributed by atoms with Crippen LogP contribution >= 0.6 is 26.6 Å². The van der Waals surface area contributed by atoms with E-state index in [1.54, 1.807) is 0 Å². The van der Waals surface area contributed by atoms with Crippen LogP contribution in [0.2, 0.25) is 0 Å². The van der Waals surface area contributed by atoms with Gasteiger partial charge in [-0.05, 0) is 28.1 Å². The van der Waals surface area contributed by atoms with Crippen molar-refractivity contribution in [2.45, 2.75) is 5.75 Å². The van der Waals surface area contributed by atoms with Crippen LogP contribution in [0.1, 0.15) is 5.56 Å². The minimum atomic E-state index is -3.70. The summed E-state index contributed by atoms with van der Waals surface area (Å²) in [7, 11) is 2.83. The van der Waals surface area contributed by atoms with Crippen molar-refractivity contribution < 1.29 is 18.3 Å². The normalized spacial score (nSPS) is 11.4. The van der Waals surface area contributed by atoms with Gasteiger partial charge in [-0.15, -0.1) is 0 Å². The summed E-state index contributed by atoms with van der Waals surface area (Å²) in [4.78, 5) is 0. The molecule has 0 amide bonds. The van der Waals surface area contributed by atoms with Gasteiger partial charge < -0.3 is 9.84 Å². The molecule has 84 valence electrons. The van der Waals surface area contributed by atoms with E-state index in [2.05, 4.69) is 15.9 Å². The Hall–Kier alpha value is -0.460. The number of aromatic hydroxyl groups is 1. The SMILES string of the molecule is COc1cc(CS(=O)(=O)Cl)c(O)cc1Br. The van der Waals surface area contributed by atoms with Crippen LogP contribution in [-0.4, -0.2) is 20.6 Å². The summed E-state index contributed by atoms with van der Waals surface area (Å²) in [6.07, 6.45) is 0. The summed E-state index contributed by atoms with van der Waals surface area (Å²) in [5, 5.41) is 9.47. The second kappa shape index (κ2) is 4.59. The van der Waals surface area contributed by atoms with Gasteiger partial charge in [0.25, 0.3) is 0 Å². The third-order valence-electron chi connectivity index (χ3n) is 1.68. The molecule has 1 aromatic rings. The molecule has 0 heterocycles. The van der Waals surface area contributed by atoms with E-state index in [0.717, 1.165) is 0 Å². The Morgan fingerprint density at radius 2 is 2.13 bits per heavy atom. The van der Waals surface area contributed by atoms with Crippen molar-refractivity contribution in [3.8, 4) is 11.5 Å². The van der Waals surface area contributed by atoms with Gasteiger partial charge in [0.15, 0.2) is 0 Å². The molecule has 0 atom stereocenters. The topological polar surface area (TPSA) is 63.6 Å². The minimum absolute atomic E-state index is 0.146. The van der Waals surface area contributed by atoms with E-state index in [0.29, 0.717) is 10.2 Å². The molecule has 1 rings (SSSR count). The Bertz CT molecular complexity index is 472. The van der Waals surface area contributed by atoms with Crippen molar-refractivity contribution in [3.05, 3.63) is 22.2 Å². The Kier molecular flexibility index (Phi) is 3.86. The lowest BCUT2D eigenvalue weighted by atomic mass is 10.2. The fraction of sp³-hybridized carbons (Fsp3) is 0.250. The van der Waals surface area contributed by atoms with Crippen LogP contribution in [0.5, 0.6) is 11.5 Å². The standard InChI is InChI=1S/C8H8BrClO4S/c1-14-8-2-5(4-15(10,12)13)7(11)3-6(8)9/h2-3,11H,4H2,1H3. The predicted molar refractivity (Wildman–Crippen MR) is 60.8 cm³/mol. The lowest BCUT2D eigenvalue weighted by Crippen LogP contribution is -1.97. The molecular formula is C8H8BrClO4S. The summed E-state index contributed by atoms with van der Waals surface area (Å²) >= 11 is 3.15. The van der Waals surface area contributed by atoms with Crippen molar-refractivity contribution >= 4 is 35.7 Å². The number of phenolic OH excluding ortho intramolecular Hbond substituents is 1. The van der Waals surface area contributed by atoms with E-state index in [9.17, 15) is 13.5 Å². The minimum Gasteiger partial charge on any atom is -0.508 e. The first kappa shape index (κ1) is 12.6. The fourth-order valence-electron chi connectivity index (χ4n) is 1.04. The van der Waals surface area contributed by atoms with Crippen molar-refractivity contribution in [3.63, 3.8) is 0 Å². The molecule has 0 saturated carbocycles. The van der Waals surface area contributed by atoms with E-state index in [4.69, 9.17) is 15.4 Å². The van der Waals surface area contributed by atoms with Crippen molar-refractivity contribution in [1.82, 2.24) is 0 Å². The van der Waals surface area contributed by atoms with Gasteiger partial charge in [0.1, 0.15) is 11.5 Å². The summed E-state index contributed by atoms with van der Waals surface area (Å²) in [6.45, 7) is 0. The molecule has 0 radical (unpaired) electrons. The Morgan fingerprint density at radius 1 is 1.53 bits per heavy atom. The van der Waals surface area contributed by atoms with E-state index < -0.39 is 14.8 Å². The zero-order valence-electron chi connectivity index (χ0n) is 7.70. The van der Waals surface area contributed by atoms with Crippen LogP contribution in [0.15, 0.2) is 16.6 Å². The van der Waals surface area contributed by atoms with Gasteiger partial charge in [0.2, 0.25) is 9.05 Å². The molecule has 0 aliphatic rings. The second-order valence-corrected chi connectivity index (χ2v) is 6.43. The van der Waals surface area contributed by atoms with E-state index in [-0.39, 0.29) is 11.3 Å². The first-order chi connectivity index (χ1) is 6.83. The molecule has 0 bridgehead atoms. The summed E-state index contributed by atoms with van der Waals surface area (Å²) in [5.74, 6) is -0.153. The van der Waals surface area contributed by atoms with Gasteiger partial charge in [-0.3, -0.25) is 0 Å². The fourth-order valence-corrected chi connectivity index (χ4v) is 2.49. The highest BCUT2D eigenvalue weighted by Gasteiger charge is 2.14. The van der Waals surface area contributed by atoms with E-state index >= 15 is 0 Å². The predicted octanol–water partition coefficient (Wildman–Crippen LogP) is 2.23. The van der Waals surface area contributed by atoms with Gasteiger partial charge in [-0.1, -0.05) is 0 Å². The summed E-state index contributed by atoms with van der Waals surface area (Å²) < 4.78 is 27.2. The maximum absolute atomic E-state index is 10.8. The number of hydrogen-bond donors (Lipinski definition) is 1. The lowest BCUT2D eigenvalue weighted by molar-refractivity contribution is 0.408. The van der Waals surface area contributed by atoms with Crippen LogP contribution in [0.3, 0.4) is 0 Å². The van der Waals surface area contributed by atoms with Gasteiger partial charge in [-0.25, -0.2) is 8.42 Å². The van der Waals surface area contributed by atoms with Crippen LogP contribution in [0.25, 0.3) is 0 Å². The third-order valence-corrected chi connectivity index (χ3v) is 3.28. The van der Waals surface area contributed by atoms with Gasteiger partial charge in [0.05, 0.1) is 17.3 Å². The Labute approximate surface area is 100 Å². The van der Waals surface area contributed by atoms with Gasteiger partial charge in [-0.2, -0.15) is 0 Å². The molecule has 1 N–H and O–H groups in total. The van der Waals surface area contributed by atoms with Crippen LogP contribution in [0, 0.1) is 0 Å². The van der Waals surface area contributed by atoms with Crippen molar-refractivity contribution in [2.24, 2.45) is 0 Å². The number of phenols is 1. The molecule has 0 spiro atoms. The Balaban J connectivity index is 3.19. The highest BCUT2D eigenvalue weighted by atomic mass is 79.9. The van der Waals surface area contributed by atoms with Crippen LogP contribution in [0.4, 0.5) is 0 Å². The Morgan fingerprint density at radius 3 is 2.60 bits per heavy atom. The van der Waals surface area contributed by atoms with Crippen molar-refractivity contribution in [2.75, 3.05) is 7.11 Å². The molecule has 0 saturated heterocycles. The zero-order chi connectivity index (χ0) is 11.6. The van der Waals surface area contributed by atoms with E-state index in [1.807, 2.05) is 0 Å². The lowest BCUT2D eigenvalue weighted by Gasteiger charge is -2.07. The molecule has 1 aromatic carbocycles. The monoisotopic (exact) mass is 314 g/mol. The average Bonchev–Trinajstić information content (AvgIpc) is 2.07. The van der Waals surface area contributed by atoms with Crippen molar-refractivity contribution in [1.29, 1.82) is 0 Å². The summed E-state index contributed by atoms with van der Waals surface area (Å²) in [5.41, 5.74) is 0.199. The highest BCUT2D eigenvalue weighted by Crippen LogP contribution is 2.33. The largest absolute Gasteiger partial charge is 0.508 e. The average molecular weight is 316 g/mol. The number of benzene rings is 1. The number of rotatable bonds is 3. The van der Waals surface area contributed by atoms with Crippen LogP contribution in [-0.2, 0) is 14.8 Å². The quantitative estimate of drug-likeness (QED) is 0.869. The number of hydrogen-bond acceptors (Lipinski definition) is 4. The molecular weight excluding hydrogens is 308 g/mol. The number of ether oxygens (including phenoxy) is 1. The zero-order valence-corrected chi connectivity index (χ0v) is 10.9.